The van der Waals surface area contributed by atoms with Gasteiger partial charge in [-0.3, -0.25) is 18.9 Å². The van der Waals surface area contributed by atoms with Crippen LogP contribution in [0.4, 0.5) is 13.2 Å². The molecule has 37 heavy (non-hydrogen) atoms. The molecule has 0 spiro atoms. The summed E-state index contributed by atoms with van der Waals surface area (Å²) in [6.07, 6.45) is 8.27. The summed E-state index contributed by atoms with van der Waals surface area (Å²) in [6.45, 7) is 5.87. The van der Waals surface area contributed by atoms with Crippen LogP contribution >= 0.6 is 0 Å². The van der Waals surface area contributed by atoms with Gasteiger partial charge >= 0.3 is 6.18 Å². The van der Waals surface area contributed by atoms with Crippen molar-refractivity contribution in [2.75, 3.05) is 0 Å². The maximum absolute atomic E-state index is 13.7. The summed E-state index contributed by atoms with van der Waals surface area (Å²) >= 11 is 0. The second-order valence-electron chi connectivity index (χ2n) is 8.81. The van der Waals surface area contributed by atoms with Gasteiger partial charge < -0.3 is 5.32 Å². The summed E-state index contributed by atoms with van der Waals surface area (Å²) in [4.78, 5) is 21.5. The molecule has 0 bridgehead atoms. The number of alkyl halides is 3. The van der Waals surface area contributed by atoms with E-state index in [2.05, 4.69) is 26.3 Å². The van der Waals surface area contributed by atoms with Gasteiger partial charge in [-0.1, -0.05) is 31.9 Å². The highest BCUT2D eigenvalue weighted by Gasteiger charge is 2.38. The van der Waals surface area contributed by atoms with E-state index >= 15 is 0 Å². The maximum Gasteiger partial charge on any atom is 0.435 e. The minimum absolute atomic E-state index is 0.0739. The first-order valence-corrected chi connectivity index (χ1v) is 12.0. The second kappa shape index (κ2) is 10.5. The number of aromatic nitrogens is 5. The molecule has 0 saturated heterocycles. The molecule has 4 rings (SSSR count). The van der Waals surface area contributed by atoms with Gasteiger partial charge in [0.25, 0.3) is 5.91 Å². The molecule has 1 atom stereocenters. The predicted octanol–water partition coefficient (Wildman–Crippen LogP) is 4.93. The van der Waals surface area contributed by atoms with Crippen LogP contribution < -0.4 is 5.32 Å². The van der Waals surface area contributed by atoms with E-state index in [1.54, 1.807) is 16.7 Å². The zero-order valence-corrected chi connectivity index (χ0v) is 20.8. The van der Waals surface area contributed by atoms with Crippen LogP contribution in [0.3, 0.4) is 0 Å². The molecule has 1 amide bonds. The number of fused-ring (bicyclic) bond motifs is 1. The Kier molecular flexibility index (Phi) is 7.34. The van der Waals surface area contributed by atoms with Crippen LogP contribution in [0.2, 0.25) is 0 Å². The number of rotatable bonds is 8. The highest BCUT2D eigenvalue weighted by molar-refractivity contribution is 5.96. The van der Waals surface area contributed by atoms with Crippen molar-refractivity contribution < 1.29 is 18.0 Å². The normalized spacial score (nSPS) is 12.5. The number of hydrogen-bond acceptors (Lipinski definition) is 4. The summed E-state index contributed by atoms with van der Waals surface area (Å²) in [5.41, 5.74) is 2.58. The maximum atomic E-state index is 13.7. The van der Waals surface area contributed by atoms with Gasteiger partial charge in [-0.05, 0) is 37.0 Å². The Labute approximate surface area is 212 Å². The third-order valence-corrected chi connectivity index (χ3v) is 6.22. The van der Waals surface area contributed by atoms with E-state index < -0.39 is 11.9 Å². The van der Waals surface area contributed by atoms with Crippen LogP contribution in [0.25, 0.3) is 16.9 Å². The molecule has 0 aliphatic rings. The van der Waals surface area contributed by atoms with Crippen LogP contribution in [0, 0.1) is 12.3 Å². The van der Waals surface area contributed by atoms with Crippen molar-refractivity contribution in [3.63, 3.8) is 0 Å². The zero-order chi connectivity index (χ0) is 26.7. The summed E-state index contributed by atoms with van der Waals surface area (Å²) in [7, 11) is 0. The number of carbonyl (C=O) groups is 1. The fraction of sp³-hybridized carbons (Fsp3) is 0.333. The lowest BCUT2D eigenvalue weighted by Gasteiger charge is -2.14. The Morgan fingerprint density at radius 3 is 2.70 bits per heavy atom. The van der Waals surface area contributed by atoms with Gasteiger partial charge in [-0.15, -0.1) is 6.42 Å². The molecule has 192 valence electrons. The van der Waals surface area contributed by atoms with Crippen LogP contribution in [0.5, 0.6) is 0 Å². The molecule has 0 fully saturated rings. The zero-order valence-electron chi connectivity index (χ0n) is 20.8. The Balaban J connectivity index is 1.70. The van der Waals surface area contributed by atoms with E-state index in [-0.39, 0.29) is 29.8 Å². The van der Waals surface area contributed by atoms with Crippen molar-refractivity contribution >= 4 is 11.6 Å². The van der Waals surface area contributed by atoms with Gasteiger partial charge in [-0.25, -0.2) is 4.98 Å². The van der Waals surface area contributed by atoms with Gasteiger partial charge in [0.05, 0.1) is 23.1 Å². The molecular weight excluding hydrogens is 481 g/mol. The largest absolute Gasteiger partial charge is 0.435 e. The highest BCUT2D eigenvalue weighted by atomic mass is 19.4. The number of nitrogens with one attached hydrogen (secondary N) is 1. The lowest BCUT2D eigenvalue weighted by atomic mass is 9.98. The van der Waals surface area contributed by atoms with E-state index in [9.17, 15) is 18.0 Å². The first kappa shape index (κ1) is 25.9. The first-order valence-electron chi connectivity index (χ1n) is 12.0. The summed E-state index contributed by atoms with van der Waals surface area (Å²) in [5, 5.41) is 6.64. The number of aryl methyl sites for hydroxylation is 1. The van der Waals surface area contributed by atoms with E-state index in [4.69, 9.17) is 6.42 Å². The lowest BCUT2D eigenvalue weighted by Crippen LogP contribution is -2.32. The molecule has 0 unspecified atom stereocenters. The Hall–Kier alpha value is -4.13. The van der Waals surface area contributed by atoms with Gasteiger partial charge in [0.2, 0.25) is 0 Å². The predicted molar refractivity (Wildman–Crippen MR) is 134 cm³/mol. The minimum atomic E-state index is -4.66. The summed E-state index contributed by atoms with van der Waals surface area (Å²) < 4.78 is 43.8. The molecule has 10 heteroatoms. The Bertz CT molecular complexity index is 1480. The number of benzene rings is 1. The molecule has 1 N–H and O–H groups in total. The van der Waals surface area contributed by atoms with Gasteiger partial charge in [0.15, 0.2) is 11.3 Å². The molecule has 0 saturated carbocycles. The van der Waals surface area contributed by atoms with Gasteiger partial charge in [0.1, 0.15) is 6.54 Å². The second-order valence-corrected chi connectivity index (χ2v) is 8.81. The van der Waals surface area contributed by atoms with Crippen LogP contribution in [-0.4, -0.2) is 36.1 Å². The fourth-order valence-corrected chi connectivity index (χ4v) is 4.16. The van der Waals surface area contributed by atoms with E-state index in [1.807, 2.05) is 32.9 Å². The number of halogens is 3. The standard InChI is InChI=1S/C27H27F3N6O/c1-5-11-35-16-21(24(34-35)27(28,29)30)23-15-32-25-22(31-10-12-36(23)25)14-18-8-9-20(19(7-3)13-18)26(37)33-17(4)6-2/h1,8-10,12-13,15-17H,6-7,11,14H2,2-4H3,(H,33,37)/t17-/m1/s1. The molecule has 4 aromatic rings. The third kappa shape index (κ3) is 5.35. The number of amides is 1. The average molecular weight is 509 g/mol. The lowest BCUT2D eigenvalue weighted by molar-refractivity contribution is -0.141. The first-order chi connectivity index (χ1) is 17.7. The molecule has 0 radical (unpaired) electrons. The molecule has 0 aliphatic carbocycles. The molecule has 3 heterocycles. The Morgan fingerprint density at radius 1 is 1.24 bits per heavy atom. The minimum Gasteiger partial charge on any atom is -0.350 e. The SMILES string of the molecule is C#CCn1cc(-c2cnc3c(Cc4ccc(C(=O)N[C@H](C)CC)c(CC)c4)nccn23)c(C(F)(F)F)n1. The van der Waals surface area contributed by atoms with Crippen LogP contribution in [0.1, 0.15) is 60.1 Å². The van der Waals surface area contributed by atoms with E-state index in [0.29, 0.717) is 29.7 Å². The van der Waals surface area contributed by atoms with Crippen molar-refractivity contribution in [3.8, 4) is 23.6 Å². The van der Waals surface area contributed by atoms with E-state index in [1.165, 1.54) is 18.6 Å². The van der Waals surface area contributed by atoms with Crippen molar-refractivity contribution in [2.24, 2.45) is 0 Å². The topological polar surface area (TPSA) is 77.1 Å². The van der Waals surface area contributed by atoms with Gasteiger partial charge in [0, 0.05) is 36.6 Å². The number of carbonyl (C=O) groups excluding carboxylic acids is 1. The summed E-state index contributed by atoms with van der Waals surface area (Å²) in [5.74, 6) is 2.19. The highest BCUT2D eigenvalue weighted by Crippen LogP contribution is 2.36. The monoisotopic (exact) mass is 508 g/mol. The Morgan fingerprint density at radius 2 is 2.03 bits per heavy atom. The van der Waals surface area contributed by atoms with Gasteiger partial charge in [-0.2, -0.15) is 18.3 Å². The van der Waals surface area contributed by atoms with Crippen molar-refractivity contribution in [1.82, 2.24) is 29.5 Å². The van der Waals surface area contributed by atoms with Crippen LogP contribution in [0.15, 0.2) is 43.0 Å². The number of terminal acetylenes is 1. The molecular formula is C27H27F3N6O. The smallest absolute Gasteiger partial charge is 0.350 e. The number of imidazole rings is 1. The van der Waals surface area contributed by atoms with Crippen LogP contribution in [-0.2, 0) is 25.6 Å². The fourth-order valence-electron chi connectivity index (χ4n) is 4.16. The summed E-state index contributed by atoms with van der Waals surface area (Å²) in [6, 6.07) is 5.71. The molecule has 1 aromatic carbocycles. The number of hydrogen-bond donors (Lipinski definition) is 1. The van der Waals surface area contributed by atoms with Crippen molar-refractivity contribution in [1.29, 1.82) is 0 Å². The third-order valence-electron chi connectivity index (χ3n) is 6.22. The molecule has 7 nitrogen and oxygen atoms in total. The molecule has 3 aromatic heterocycles. The average Bonchev–Trinajstić information content (AvgIpc) is 3.49. The number of nitrogens with zero attached hydrogens (tertiary/aromatic N) is 5. The molecule has 0 aliphatic heterocycles. The van der Waals surface area contributed by atoms with E-state index in [0.717, 1.165) is 22.2 Å². The van der Waals surface area contributed by atoms with Crippen molar-refractivity contribution in [2.45, 2.75) is 58.8 Å². The van der Waals surface area contributed by atoms with Crippen molar-refractivity contribution in [3.05, 3.63) is 71.1 Å². The quantitative estimate of drug-likeness (QED) is 0.343.